The Morgan fingerprint density at radius 1 is 1.10 bits per heavy atom. The minimum Gasteiger partial charge on any atom is -0.491 e. The lowest BCUT2D eigenvalue weighted by Gasteiger charge is -2.18. The van der Waals surface area contributed by atoms with Gasteiger partial charge in [0.25, 0.3) is 0 Å². The first-order valence-electron chi connectivity index (χ1n) is 6.73. The molecule has 2 aromatic rings. The Bertz CT molecular complexity index is 566. The van der Waals surface area contributed by atoms with Crippen LogP contribution in [0, 0.1) is 13.8 Å². The van der Waals surface area contributed by atoms with Gasteiger partial charge in [-0.25, -0.2) is 0 Å². The molecule has 0 spiro atoms. The van der Waals surface area contributed by atoms with Crippen molar-refractivity contribution in [1.29, 1.82) is 0 Å². The molecule has 0 aliphatic carbocycles. The van der Waals surface area contributed by atoms with E-state index in [0.29, 0.717) is 11.6 Å². The van der Waals surface area contributed by atoms with Crippen molar-refractivity contribution in [1.82, 2.24) is 5.32 Å². The summed E-state index contributed by atoms with van der Waals surface area (Å²) in [6.45, 7) is 4.68. The van der Waals surface area contributed by atoms with Gasteiger partial charge in [-0.1, -0.05) is 47.5 Å². The largest absolute Gasteiger partial charge is 0.491 e. The zero-order valence-corrected chi connectivity index (χ0v) is 12.9. The van der Waals surface area contributed by atoms with Crippen LogP contribution >= 0.6 is 11.6 Å². The number of nitrogens with one attached hydrogen (secondary N) is 1. The van der Waals surface area contributed by atoms with Crippen molar-refractivity contribution < 1.29 is 4.74 Å². The predicted molar refractivity (Wildman–Crippen MR) is 84.7 cm³/mol. The highest BCUT2D eigenvalue weighted by atomic mass is 35.5. The van der Waals surface area contributed by atoms with Gasteiger partial charge in [0.05, 0.1) is 6.04 Å². The van der Waals surface area contributed by atoms with Gasteiger partial charge >= 0.3 is 0 Å². The summed E-state index contributed by atoms with van der Waals surface area (Å²) in [6, 6.07) is 14.4. The summed E-state index contributed by atoms with van der Waals surface area (Å²) in [5.41, 5.74) is 3.57. The van der Waals surface area contributed by atoms with Crippen LogP contribution in [0.5, 0.6) is 5.75 Å². The van der Waals surface area contributed by atoms with Gasteiger partial charge in [0.1, 0.15) is 12.4 Å². The summed E-state index contributed by atoms with van der Waals surface area (Å²) in [4.78, 5) is 0. The summed E-state index contributed by atoms with van der Waals surface area (Å²) in [5, 5.41) is 3.98. The highest BCUT2D eigenvalue weighted by Gasteiger charge is 2.11. The second-order valence-electron chi connectivity index (χ2n) is 4.97. The SMILES string of the molecule is CNC(COc1cc(Cl)ccc1C)c1ccc(C)cc1. The Morgan fingerprint density at radius 2 is 1.80 bits per heavy atom. The number of benzene rings is 2. The van der Waals surface area contributed by atoms with E-state index >= 15 is 0 Å². The number of hydrogen-bond donors (Lipinski definition) is 1. The van der Waals surface area contributed by atoms with Crippen LogP contribution in [0.4, 0.5) is 0 Å². The maximum atomic E-state index is 6.00. The lowest BCUT2D eigenvalue weighted by atomic mass is 10.1. The van der Waals surface area contributed by atoms with Crippen LogP contribution in [-0.2, 0) is 0 Å². The van der Waals surface area contributed by atoms with E-state index in [4.69, 9.17) is 16.3 Å². The van der Waals surface area contributed by atoms with Crippen molar-refractivity contribution in [3.8, 4) is 5.75 Å². The number of likely N-dealkylation sites (N-methyl/N-ethyl adjacent to an activating group) is 1. The molecular weight excluding hydrogens is 270 g/mol. The number of hydrogen-bond acceptors (Lipinski definition) is 2. The van der Waals surface area contributed by atoms with Crippen molar-refractivity contribution >= 4 is 11.6 Å². The van der Waals surface area contributed by atoms with Gasteiger partial charge in [-0.15, -0.1) is 0 Å². The fourth-order valence-corrected chi connectivity index (χ4v) is 2.21. The monoisotopic (exact) mass is 289 g/mol. The van der Waals surface area contributed by atoms with Crippen LogP contribution in [0.25, 0.3) is 0 Å². The van der Waals surface area contributed by atoms with Crippen LogP contribution in [0.1, 0.15) is 22.7 Å². The second-order valence-corrected chi connectivity index (χ2v) is 5.41. The van der Waals surface area contributed by atoms with Crippen molar-refractivity contribution in [2.45, 2.75) is 19.9 Å². The van der Waals surface area contributed by atoms with E-state index in [2.05, 4.69) is 36.5 Å². The standard InChI is InChI=1S/C17H20ClNO/c1-12-4-7-14(8-5-12)16(19-3)11-20-17-10-15(18)9-6-13(17)2/h4-10,16,19H,11H2,1-3H3. The van der Waals surface area contributed by atoms with Gasteiger partial charge in [0.2, 0.25) is 0 Å². The molecular formula is C17H20ClNO. The molecule has 0 aliphatic rings. The maximum Gasteiger partial charge on any atom is 0.123 e. The Morgan fingerprint density at radius 3 is 2.45 bits per heavy atom. The molecule has 0 aromatic heterocycles. The van der Waals surface area contributed by atoms with Gasteiger partial charge < -0.3 is 10.1 Å². The Hall–Kier alpha value is -1.51. The zero-order valence-electron chi connectivity index (χ0n) is 12.1. The third-order valence-electron chi connectivity index (χ3n) is 3.38. The first kappa shape index (κ1) is 14.9. The van der Waals surface area contributed by atoms with E-state index in [1.165, 1.54) is 11.1 Å². The third kappa shape index (κ3) is 3.75. The van der Waals surface area contributed by atoms with Gasteiger partial charge in [-0.2, -0.15) is 0 Å². The summed E-state index contributed by atoms with van der Waals surface area (Å²) in [7, 11) is 1.94. The molecule has 106 valence electrons. The van der Waals surface area contributed by atoms with Crippen molar-refractivity contribution in [2.24, 2.45) is 0 Å². The molecule has 0 fully saturated rings. The van der Waals surface area contributed by atoms with E-state index in [-0.39, 0.29) is 6.04 Å². The molecule has 2 aromatic carbocycles. The molecule has 0 amide bonds. The van der Waals surface area contributed by atoms with Crippen LogP contribution in [0.2, 0.25) is 5.02 Å². The molecule has 0 aliphatic heterocycles. The number of ether oxygens (including phenoxy) is 1. The first-order valence-corrected chi connectivity index (χ1v) is 7.10. The van der Waals surface area contributed by atoms with E-state index in [1.54, 1.807) is 0 Å². The molecule has 2 rings (SSSR count). The third-order valence-corrected chi connectivity index (χ3v) is 3.62. The van der Waals surface area contributed by atoms with E-state index < -0.39 is 0 Å². The summed E-state index contributed by atoms with van der Waals surface area (Å²) < 4.78 is 5.91. The minimum absolute atomic E-state index is 0.161. The number of halogens is 1. The van der Waals surface area contributed by atoms with E-state index in [0.717, 1.165) is 11.3 Å². The molecule has 3 heteroatoms. The highest BCUT2D eigenvalue weighted by Crippen LogP contribution is 2.24. The fourth-order valence-electron chi connectivity index (χ4n) is 2.05. The van der Waals surface area contributed by atoms with E-state index in [9.17, 15) is 0 Å². The molecule has 0 saturated heterocycles. The first-order chi connectivity index (χ1) is 9.60. The maximum absolute atomic E-state index is 6.00. The molecule has 0 heterocycles. The van der Waals surface area contributed by atoms with Gasteiger partial charge in [-0.3, -0.25) is 0 Å². The fraction of sp³-hybridized carbons (Fsp3) is 0.294. The van der Waals surface area contributed by atoms with Gasteiger partial charge in [0.15, 0.2) is 0 Å². The minimum atomic E-state index is 0.161. The normalized spacial score (nSPS) is 12.2. The van der Waals surface area contributed by atoms with Crippen molar-refractivity contribution in [3.05, 3.63) is 64.2 Å². The van der Waals surface area contributed by atoms with Gasteiger partial charge in [-0.05, 0) is 44.2 Å². The Labute approximate surface area is 125 Å². The van der Waals surface area contributed by atoms with Gasteiger partial charge in [0, 0.05) is 5.02 Å². The smallest absolute Gasteiger partial charge is 0.123 e. The average molecular weight is 290 g/mol. The van der Waals surface area contributed by atoms with Crippen molar-refractivity contribution in [3.63, 3.8) is 0 Å². The van der Waals surface area contributed by atoms with Crippen LogP contribution < -0.4 is 10.1 Å². The highest BCUT2D eigenvalue weighted by molar-refractivity contribution is 6.30. The molecule has 2 nitrogen and oxygen atoms in total. The molecule has 1 N–H and O–H groups in total. The summed E-state index contributed by atoms with van der Waals surface area (Å²) >= 11 is 6.00. The summed E-state index contributed by atoms with van der Waals surface area (Å²) in [6.07, 6.45) is 0. The lowest BCUT2D eigenvalue weighted by Crippen LogP contribution is -2.23. The molecule has 0 bridgehead atoms. The lowest BCUT2D eigenvalue weighted by molar-refractivity contribution is 0.271. The number of rotatable bonds is 5. The molecule has 1 atom stereocenters. The Kier molecular flexibility index (Phi) is 5.05. The molecule has 20 heavy (non-hydrogen) atoms. The zero-order chi connectivity index (χ0) is 14.5. The van der Waals surface area contributed by atoms with Crippen LogP contribution in [-0.4, -0.2) is 13.7 Å². The van der Waals surface area contributed by atoms with Crippen LogP contribution in [0.3, 0.4) is 0 Å². The number of aryl methyl sites for hydroxylation is 2. The van der Waals surface area contributed by atoms with Crippen molar-refractivity contribution in [2.75, 3.05) is 13.7 Å². The quantitative estimate of drug-likeness (QED) is 0.886. The topological polar surface area (TPSA) is 21.3 Å². The van der Waals surface area contributed by atoms with Crippen LogP contribution in [0.15, 0.2) is 42.5 Å². The summed E-state index contributed by atoms with van der Waals surface area (Å²) in [5.74, 6) is 0.838. The predicted octanol–water partition coefficient (Wildman–Crippen LogP) is 4.30. The van der Waals surface area contributed by atoms with E-state index in [1.807, 2.05) is 32.2 Å². The second kappa shape index (κ2) is 6.78. The molecule has 0 saturated carbocycles. The Balaban J connectivity index is 2.07. The molecule has 0 radical (unpaired) electrons. The molecule has 1 unspecified atom stereocenters. The average Bonchev–Trinajstić information content (AvgIpc) is 2.45.